The molecule has 0 bridgehead atoms. The summed E-state index contributed by atoms with van der Waals surface area (Å²) in [6.45, 7) is 1.92. The van der Waals surface area contributed by atoms with Gasteiger partial charge in [0, 0.05) is 16.7 Å². The molecule has 4 heteroatoms. The van der Waals surface area contributed by atoms with Crippen LogP contribution in [-0.4, -0.2) is 30.5 Å². The fourth-order valence-corrected chi connectivity index (χ4v) is 2.09. The topological polar surface area (TPSA) is 29.5 Å². The normalized spacial score (nSPS) is 15.2. The molecule has 0 spiro atoms. The van der Waals surface area contributed by atoms with Gasteiger partial charge in [-0.1, -0.05) is 0 Å². The SMILES string of the molecule is O=C(COc1ccc(I)cc1)N1CCCC1. The van der Waals surface area contributed by atoms with Crippen molar-refractivity contribution in [1.29, 1.82) is 0 Å². The van der Waals surface area contributed by atoms with Crippen molar-refractivity contribution in [2.45, 2.75) is 12.8 Å². The lowest BCUT2D eigenvalue weighted by molar-refractivity contribution is -0.132. The van der Waals surface area contributed by atoms with E-state index in [1.54, 1.807) is 0 Å². The summed E-state index contributed by atoms with van der Waals surface area (Å²) in [6, 6.07) is 7.71. The standard InChI is InChI=1S/C12H14INO2/c13-10-3-5-11(6-4-10)16-9-12(15)14-7-1-2-8-14/h3-6H,1-2,7-9H2. The minimum Gasteiger partial charge on any atom is -0.484 e. The van der Waals surface area contributed by atoms with Crippen LogP contribution in [0.5, 0.6) is 5.75 Å². The number of amides is 1. The second-order valence-electron chi connectivity index (χ2n) is 3.83. The lowest BCUT2D eigenvalue weighted by atomic mass is 10.3. The van der Waals surface area contributed by atoms with Gasteiger partial charge in [0.15, 0.2) is 6.61 Å². The van der Waals surface area contributed by atoms with Gasteiger partial charge in [0.1, 0.15) is 5.75 Å². The number of ether oxygens (including phenoxy) is 1. The van der Waals surface area contributed by atoms with Crippen molar-refractivity contribution >= 4 is 28.5 Å². The Morgan fingerprint density at radius 2 is 1.88 bits per heavy atom. The highest BCUT2D eigenvalue weighted by molar-refractivity contribution is 14.1. The highest BCUT2D eigenvalue weighted by Crippen LogP contribution is 2.14. The number of halogens is 1. The number of hydrogen-bond donors (Lipinski definition) is 0. The van der Waals surface area contributed by atoms with Crippen LogP contribution in [0, 0.1) is 3.57 Å². The fraction of sp³-hybridized carbons (Fsp3) is 0.417. The molecule has 0 radical (unpaired) electrons. The fourth-order valence-electron chi connectivity index (χ4n) is 1.73. The van der Waals surface area contributed by atoms with E-state index in [9.17, 15) is 4.79 Å². The zero-order chi connectivity index (χ0) is 11.4. The number of benzene rings is 1. The van der Waals surface area contributed by atoms with Gasteiger partial charge in [0.25, 0.3) is 5.91 Å². The molecule has 0 aliphatic carbocycles. The molecule has 1 fully saturated rings. The lowest BCUT2D eigenvalue weighted by Crippen LogP contribution is -2.32. The number of carbonyl (C=O) groups is 1. The lowest BCUT2D eigenvalue weighted by Gasteiger charge is -2.15. The van der Waals surface area contributed by atoms with Crippen LogP contribution in [0.3, 0.4) is 0 Å². The Kier molecular flexibility index (Phi) is 4.04. The Hall–Kier alpha value is -0.780. The number of likely N-dealkylation sites (tertiary alicyclic amines) is 1. The number of carbonyl (C=O) groups excluding carboxylic acids is 1. The molecular formula is C12H14INO2. The van der Waals surface area contributed by atoms with E-state index in [2.05, 4.69) is 22.6 Å². The highest BCUT2D eigenvalue weighted by atomic mass is 127. The van der Waals surface area contributed by atoms with E-state index in [1.165, 1.54) is 0 Å². The van der Waals surface area contributed by atoms with Gasteiger partial charge in [-0.25, -0.2) is 0 Å². The molecule has 2 rings (SSSR count). The van der Waals surface area contributed by atoms with E-state index in [1.807, 2.05) is 29.2 Å². The molecule has 1 aliphatic rings. The van der Waals surface area contributed by atoms with Crippen molar-refractivity contribution in [3.05, 3.63) is 27.8 Å². The molecule has 0 unspecified atom stereocenters. The van der Waals surface area contributed by atoms with Crippen LogP contribution >= 0.6 is 22.6 Å². The monoisotopic (exact) mass is 331 g/mol. The van der Waals surface area contributed by atoms with Gasteiger partial charge in [-0.15, -0.1) is 0 Å². The van der Waals surface area contributed by atoms with Gasteiger partial charge in [-0.05, 0) is 59.7 Å². The molecule has 0 aromatic heterocycles. The Morgan fingerprint density at radius 3 is 2.50 bits per heavy atom. The molecular weight excluding hydrogens is 317 g/mol. The first-order valence-electron chi connectivity index (χ1n) is 5.42. The first-order valence-corrected chi connectivity index (χ1v) is 6.50. The summed E-state index contributed by atoms with van der Waals surface area (Å²) in [4.78, 5) is 13.6. The van der Waals surface area contributed by atoms with E-state index in [0.717, 1.165) is 35.3 Å². The van der Waals surface area contributed by atoms with Gasteiger partial charge in [-0.2, -0.15) is 0 Å². The molecule has 1 aromatic rings. The molecule has 0 atom stereocenters. The number of hydrogen-bond acceptors (Lipinski definition) is 2. The molecule has 1 aliphatic heterocycles. The van der Waals surface area contributed by atoms with Crippen LogP contribution in [0.4, 0.5) is 0 Å². The average Bonchev–Trinajstić information content (AvgIpc) is 2.81. The van der Waals surface area contributed by atoms with Gasteiger partial charge >= 0.3 is 0 Å². The van der Waals surface area contributed by atoms with Gasteiger partial charge in [-0.3, -0.25) is 4.79 Å². The van der Waals surface area contributed by atoms with Crippen LogP contribution in [-0.2, 0) is 4.79 Å². The highest BCUT2D eigenvalue weighted by Gasteiger charge is 2.17. The maximum atomic E-state index is 11.7. The van der Waals surface area contributed by atoms with E-state index in [-0.39, 0.29) is 12.5 Å². The third-order valence-electron chi connectivity index (χ3n) is 2.63. The van der Waals surface area contributed by atoms with E-state index in [4.69, 9.17) is 4.74 Å². The van der Waals surface area contributed by atoms with Crippen LogP contribution in [0.15, 0.2) is 24.3 Å². The predicted molar refractivity (Wildman–Crippen MR) is 70.5 cm³/mol. The predicted octanol–water partition coefficient (Wildman–Crippen LogP) is 2.29. The number of rotatable bonds is 3. The largest absolute Gasteiger partial charge is 0.484 e. The van der Waals surface area contributed by atoms with Crippen LogP contribution in [0.1, 0.15) is 12.8 Å². The summed E-state index contributed by atoms with van der Waals surface area (Å²) in [5, 5.41) is 0. The molecule has 1 aromatic carbocycles. The van der Waals surface area contributed by atoms with Crippen molar-refractivity contribution in [2.24, 2.45) is 0 Å². The smallest absolute Gasteiger partial charge is 0.260 e. The maximum Gasteiger partial charge on any atom is 0.260 e. The molecule has 16 heavy (non-hydrogen) atoms. The average molecular weight is 331 g/mol. The van der Waals surface area contributed by atoms with Crippen molar-refractivity contribution in [3.8, 4) is 5.75 Å². The van der Waals surface area contributed by atoms with Gasteiger partial charge < -0.3 is 9.64 Å². The second-order valence-corrected chi connectivity index (χ2v) is 5.08. The summed E-state index contributed by atoms with van der Waals surface area (Å²) in [5.74, 6) is 0.851. The Labute approximate surface area is 109 Å². The molecule has 1 heterocycles. The van der Waals surface area contributed by atoms with E-state index < -0.39 is 0 Å². The first kappa shape index (κ1) is 11.7. The second kappa shape index (κ2) is 5.52. The molecule has 86 valence electrons. The Morgan fingerprint density at radius 1 is 1.25 bits per heavy atom. The Bertz CT molecular complexity index is 358. The maximum absolute atomic E-state index is 11.7. The molecule has 3 nitrogen and oxygen atoms in total. The van der Waals surface area contributed by atoms with Crippen molar-refractivity contribution < 1.29 is 9.53 Å². The van der Waals surface area contributed by atoms with Crippen molar-refractivity contribution in [2.75, 3.05) is 19.7 Å². The van der Waals surface area contributed by atoms with Gasteiger partial charge in [0.2, 0.25) is 0 Å². The van der Waals surface area contributed by atoms with Crippen molar-refractivity contribution in [1.82, 2.24) is 4.90 Å². The first-order chi connectivity index (χ1) is 7.75. The summed E-state index contributed by atoms with van der Waals surface area (Å²) in [5.41, 5.74) is 0. The van der Waals surface area contributed by atoms with Crippen LogP contribution in [0.25, 0.3) is 0 Å². The van der Waals surface area contributed by atoms with Gasteiger partial charge in [0.05, 0.1) is 0 Å². The molecule has 0 N–H and O–H groups in total. The van der Waals surface area contributed by atoms with E-state index >= 15 is 0 Å². The van der Waals surface area contributed by atoms with Crippen molar-refractivity contribution in [3.63, 3.8) is 0 Å². The molecule has 1 saturated heterocycles. The molecule has 0 saturated carbocycles. The summed E-state index contributed by atoms with van der Waals surface area (Å²) in [6.07, 6.45) is 2.24. The minimum absolute atomic E-state index is 0.0936. The molecule has 1 amide bonds. The quantitative estimate of drug-likeness (QED) is 0.796. The zero-order valence-corrected chi connectivity index (χ0v) is 11.1. The van der Waals surface area contributed by atoms with E-state index in [0.29, 0.717) is 0 Å². The number of nitrogens with zero attached hydrogens (tertiary/aromatic N) is 1. The summed E-state index contributed by atoms with van der Waals surface area (Å²) in [7, 11) is 0. The third-order valence-corrected chi connectivity index (χ3v) is 3.35. The zero-order valence-electron chi connectivity index (χ0n) is 8.99. The minimum atomic E-state index is 0.0936. The summed E-state index contributed by atoms with van der Waals surface area (Å²) >= 11 is 2.24. The Balaban J connectivity index is 1.82. The van der Waals surface area contributed by atoms with Crippen LogP contribution in [0.2, 0.25) is 0 Å². The third kappa shape index (κ3) is 3.10. The summed E-state index contributed by atoms with van der Waals surface area (Å²) < 4.78 is 6.60. The van der Waals surface area contributed by atoms with Crippen LogP contribution < -0.4 is 4.74 Å².